The standard InChI is InChI=1S/C12H16BrClN2O2S/c1-12(2)8-15-5-6-16(12)19(17,18)9-3-4-11(14)10(13)7-9/h3-4,7,15H,5-6,8H2,1-2H3. The van der Waals surface area contributed by atoms with Crippen LogP contribution in [0.15, 0.2) is 27.6 Å². The molecule has 0 aromatic heterocycles. The second-order valence-electron chi connectivity index (χ2n) is 5.14. The summed E-state index contributed by atoms with van der Waals surface area (Å²) in [5.41, 5.74) is -0.441. The lowest BCUT2D eigenvalue weighted by molar-refractivity contribution is 0.186. The summed E-state index contributed by atoms with van der Waals surface area (Å²) >= 11 is 9.17. The minimum Gasteiger partial charge on any atom is -0.314 e. The highest BCUT2D eigenvalue weighted by molar-refractivity contribution is 9.10. The van der Waals surface area contributed by atoms with E-state index in [1.165, 1.54) is 0 Å². The zero-order valence-corrected chi connectivity index (χ0v) is 13.9. The van der Waals surface area contributed by atoms with Crippen molar-refractivity contribution in [1.29, 1.82) is 0 Å². The van der Waals surface area contributed by atoms with Gasteiger partial charge in [-0.05, 0) is 48.0 Å². The highest BCUT2D eigenvalue weighted by Crippen LogP contribution is 2.30. The van der Waals surface area contributed by atoms with Crippen LogP contribution in [-0.4, -0.2) is 37.9 Å². The van der Waals surface area contributed by atoms with Gasteiger partial charge >= 0.3 is 0 Å². The van der Waals surface area contributed by atoms with Crippen LogP contribution in [0.5, 0.6) is 0 Å². The molecule has 0 amide bonds. The maximum Gasteiger partial charge on any atom is 0.243 e. The van der Waals surface area contributed by atoms with Crippen LogP contribution in [0.2, 0.25) is 5.02 Å². The molecule has 1 saturated heterocycles. The summed E-state index contributed by atoms with van der Waals surface area (Å²) in [6.07, 6.45) is 0. The largest absolute Gasteiger partial charge is 0.314 e. The van der Waals surface area contributed by atoms with Gasteiger partial charge in [-0.3, -0.25) is 0 Å². The average molecular weight is 368 g/mol. The molecular weight excluding hydrogens is 352 g/mol. The van der Waals surface area contributed by atoms with Crippen molar-refractivity contribution in [1.82, 2.24) is 9.62 Å². The number of hydrogen-bond acceptors (Lipinski definition) is 3. The van der Waals surface area contributed by atoms with Gasteiger partial charge in [0.2, 0.25) is 10.0 Å². The molecule has 2 rings (SSSR count). The number of rotatable bonds is 2. The molecule has 19 heavy (non-hydrogen) atoms. The fourth-order valence-corrected chi connectivity index (χ4v) is 4.63. The second-order valence-corrected chi connectivity index (χ2v) is 8.27. The number of benzene rings is 1. The van der Waals surface area contributed by atoms with Gasteiger partial charge in [0.25, 0.3) is 0 Å². The molecule has 1 aliphatic heterocycles. The molecule has 1 heterocycles. The van der Waals surface area contributed by atoms with E-state index < -0.39 is 15.6 Å². The summed E-state index contributed by atoms with van der Waals surface area (Å²) in [5.74, 6) is 0. The SMILES string of the molecule is CC1(C)CNCCN1S(=O)(=O)c1ccc(Cl)c(Br)c1. The molecule has 0 radical (unpaired) electrons. The molecule has 4 nitrogen and oxygen atoms in total. The molecular formula is C12H16BrClN2O2S. The van der Waals surface area contributed by atoms with Crippen molar-refractivity contribution >= 4 is 37.6 Å². The van der Waals surface area contributed by atoms with Crippen LogP contribution in [-0.2, 0) is 10.0 Å². The van der Waals surface area contributed by atoms with Crippen molar-refractivity contribution in [2.24, 2.45) is 0 Å². The number of nitrogens with one attached hydrogen (secondary N) is 1. The van der Waals surface area contributed by atoms with E-state index in [0.29, 0.717) is 29.1 Å². The summed E-state index contributed by atoms with van der Waals surface area (Å²) in [5, 5.41) is 3.71. The van der Waals surface area contributed by atoms with Crippen LogP contribution in [0, 0.1) is 0 Å². The van der Waals surface area contributed by atoms with Gasteiger partial charge in [0.15, 0.2) is 0 Å². The van der Waals surface area contributed by atoms with Gasteiger partial charge in [0.1, 0.15) is 0 Å². The molecule has 0 saturated carbocycles. The van der Waals surface area contributed by atoms with Crippen LogP contribution >= 0.6 is 27.5 Å². The van der Waals surface area contributed by atoms with Gasteiger partial charge in [-0.2, -0.15) is 4.31 Å². The maximum atomic E-state index is 12.7. The Morgan fingerprint density at radius 1 is 1.42 bits per heavy atom. The van der Waals surface area contributed by atoms with Crippen LogP contribution in [0.25, 0.3) is 0 Å². The maximum absolute atomic E-state index is 12.7. The van der Waals surface area contributed by atoms with E-state index in [2.05, 4.69) is 21.2 Å². The van der Waals surface area contributed by atoms with E-state index >= 15 is 0 Å². The molecule has 0 atom stereocenters. The number of hydrogen-bond donors (Lipinski definition) is 1. The molecule has 0 unspecified atom stereocenters. The zero-order valence-electron chi connectivity index (χ0n) is 10.8. The third-order valence-electron chi connectivity index (χ3n) is 3.20. The third-order valence-corrected chi connectivity index (χ3v) is 6.52. The second kappa shape index (κ2) is 5.33. The molecule has 0 aliphatic carbocycles. The van der Waals surface area contributed by atoms with Gasteiger partial charge in [-0.15, -0.1) is 0 Å². The first-order valence-electron chi connectivity index (χ1n) is 5.94. The minimum absolute atomic E-state index is 0.263. The molecule has 1 aromatic rings. The normalized spacial score (nSPS) is 20.4. The average Bonchev–Trinajstić information content (AvgIpc) is 2.31. The van der Waals surface area contributed by atoms with E-state index in [4.69, 9.17) is 11.6 Å². The van der Waals surface area contributed by atoms with Crippen molar-refractivity contribution in [3.63, 3.8) is 0 Å². The van der Waals surface area contributed by atoms with E-state index in [1.54, 1.807) is 22.5 Å². The Balaban J connectivity index is 2.44. The third kappa shape index (κ3) is 2.97. The Morgan fingerprint density at radius 2 is 2.11 bits per heavy atom. The van der Waals surface area contributed by atoms with Crippen molar-refractivity contribution in [2.45, 2.75) is 24.3 Å². The Bertz CT molecular complexity index is 589. The number of piperazine rings is 1. The van der Waals surface area contributed by atoms with Crippen molar-refractivity contribution in [2.75, 3.05) is 19.6 Å². The predicted molar refractivity (Wildman–Crippen MR) is 80.0 cm³/mol. The smallest absolute Gasteiger partial charge is 0.243 e. The van der Waals surface area contributed by atoms with Gasteiger partial charge in [-0.1, -0.05) is 11.6 Å². The predicted octanol–water partition coefficient (Wildman–Crippen LogP) is 2.48. The number of nitrogens with zero attached hydrogens (tertiary/aromatic N) is 1. The quantitative estimate of drug-likeness (QED) is 0.873. The van der Waals surface area contributed by atoms with Gasteiger partial charge in [0.05, 0.1) is 9.92 Å². The van der Waals surface area contributed by atoms with Crippen molar-refractivity contribution < 1.29 is 8.42 Å². The highest BCUT2D eigenvalue weighted by Gasteiger charge is 2.39. The fourth-order valence-electron chi connectivity index (χ4n) is 2.18. The van der Waals surface area contributed by atoms with Gasteiger partial charge < -0.3 is 5.32 Å². The van der Waals surface area contributed by atoms with Gasteiger partial charge in [0, 0.05) is 29.6 Å². The lowest BCUT2D eigenvalue weighted by atomic mass is 10.0. The summed E-state index contributed by atoms with van der Waals surface area (Å²) in [6, 6.07) is 4.68. The Kier molecular flexibility index (Phi) is 4.28. The molecule has 1 aliphatic rings. The Hall–Kier alpha value is -0.140. The minimum atomic E-state index is -3.50. The topological polar surface area (TPSA) is 49.4 Å². The molecule has 1 N–H and O–H groups in total. The summed E-state index contributed by atoms with van der Waals surface area (Å²) in [6.45, 7) is 5.61. The van der Waals surface area contributed by atoms with E-state index in [-0.39, 0.29) is 4.90 Å². The van der Waals surface area contributed by atoms with Crippen LogP contribution in [0.3, 0.4) is 0 Å². The molecule has 0 bridgehead atoms. The monoisotopic (exact) mass is 366 g/mol. The number of sulfonamides is 1. The lowest BCUT2D eigenvalue weighted by Crippen LogP contribution is -2.59. The van der Waals surface area contributed by atoms with E-state index in [0.717, 1.165) is 0 Å². The Labute approximate surface area is 127 Å². The van der Waals surface area contributed by atoms with E-state index in [9.17, 15) is 8.42 Å². The van der Waals surface area contributed by atoms with E-state index in [1.807, 2.05) is 13.8 Å². The number of halogens is 2. The zero-order chi connectivity index (χ0) is 14.3. The summed E-state index contributed by atoms with van der Waals surface area (Å²) in [7, 11) is -3.50. The molecule has 0 spiro atoms. The lowest BCUT2D eigenvalue weighted by Gasteiger charge is -2.41. The summed E-state index contributed by atoms with van der Waals surface area (Å²) < 4.78 is 27.5. The molecule has 1 aromatic carbocycles. The molecule has 106 valence electrons. The van der Waals surface area contributed by atoms with Crippen molar-refractivity contribution in [3.05, 3.63) is 27.7 Å². The fraction of sp³-hybridized carbons (Fsp3) is 0.500. The molecule has 7 heteroatoms. The molecule has 1 fully saturated rings. The first-order valence-corrected chi connectivity index (χ1v) is 8.55. The first-order chi connectivity index (χ1) is 8.75. The Morgan fingerprint density at radius 3 is 2.68 bits per heavy atom. The van der Waals surface area contributed by atoms with Crippen LogP contribution < -0.4 is 5.32 Å². The first kappa shape index (κ1) is 15.3. The summed E-state index contributed by atoms with van der Waals surface area (Å²) in [4.78, 5) is 0.263. The van der Waals surface area contributed by atoms with Crippen LogP contribution in [0.1, 0.15) is 13.8 Å². The highest BCUT2D eigenvalue weighted by atomic mass is 79.9. The van der Waals surface area contributed by atoms with Crippen molar-refractivity contribution in [3.8, 4) is 0 Å². The van der Waals surface area contributed by atoms with Crippen LogP contribution in [0.4, 0.5) is 0 Å². The van der Waals surface area contributed by atoms with Gasteiger partial charge in [-0.25, -0.2) is 8.42 Å².